The first kappa shape index (κ1) is 11.3. The van der Waals surface area contributed by atoms with Crippen molar-refractivity contribution >= 4 is 5.82 Å². The minimum Gasteiger partial charge on any atom is -0.354 e. The van der Waals surface area contributed by atoms with E-state index in [0.29, 0.717) is 5.92 Å². The molecule has 1 aliphatic heterocycles. The lowest BCUT2D eigenvalue weighted by atomic mass is 10.1. The third-order valence-corrected chi connectivity index (χ3v) is 2.87. The number of nitrogens with zero attached hydrogens (tertiary/aromatic N) is 2. The summed E-state index contributed by atoms with van der Waals surface area (Å²) in [5, 5.41) is 3.10. The van der Waals surface area contributed by atoms with Crippen molar-refractivity contribution in [2.24, 2.45) is 5.92 Å². The maximum absolute atomic E-state index is 13.5. The molecule has 5 heteroatoms. The molecule has 1 aliphatic rings. The molecule has 1 unspecified atom stereocenters. The Bertz CT molecular complexity index is 370. The Kier molecular flexibility index (Phi) is 3.33. The Labute approximate surface area is 93.5 Å². The highest BCUT2D eigenvalue weighted by atomic mass is 19.1. The highest BCUT2D eigenvalue weighted by Gasteiger charge is 2.24. The fraction of sp³-hybridized carbons (Fsp3) is 0.545. The first-order chi connectivity index (χ1) is 7.70. The second kappa shape index (κ2) is 4.74. The van der Waals surface area contributed by atoms with Crippen LogP contribution >= 0.6 is 0 Å². The van der Waals surface area contributed by atoms with E-state index in [2.05, 4.69) is 10.3 Å². The summed E-state index contributed by atoms with van der Waals surface area (Å²) in [6.45, 7) is 2.47. The van der Waals surface area contributed by atoms with E-state index in [-0.39, 0.29) is 5.82 Å². The zero-order valence-electron chi connectivity index (χ0n) is 9.21. The molecule has 0 radical (unpaired) electrons. The Morgan fingerprint density at radius 1 is 1.56 bits per heavy atom. The zero-order valence-corrected chi connectivity index (χ0v) is 9.21. The molecule has 0 spiro atoms. The van der Waals surface area contributed by atoms with Gasteiger partial charge in [0, 0.05) is 19.2 Å². The third kappa shape index (κ3) is 2.29. The Hall–Kier alpha value is -1.23. The number of hydrogen-bond acceptors (Lipinski definition) is 3. The van der Waals surface area contributed by atoms with Gasteiger partial charge in [-0.25, -0.2) is 13.8 Å². The zero-order chi connectivity index (χ0) is 11.5. The number of hydrogen-bond donors (Lipinski definition) is 1. The van der Waals surface area contributed by atoms with Gasteiger partial charge in [-0.05, 0) is 25.9 Å². The topological polar surface area (TPSA) is 28.2 Å². The normalized spacial score (nSPS) is 20.4. The van der Waals surface area contributed by atoms with Gasteiger partial charge in [-0.3, -0.25) is 0 Å². The standard InChI is InChI=1S/C11H15F2N3/c1-14-5-8-2-3-16(7-8)11-10(13)4-9(12)6-15-11/h4,6,8,14H,2-3,5,7H2,1H3. The quantitative estimate of drug-likeness (QED) is 0.846. The van der Waals surface area contributed by atoms with Crippen molar-refractivity contribution in [3.8, 4) is 0 Å². The van der Waals surface area contributed by atoms with Crippen LogP contribution in [0.3, 0.4) is 0 Å². The number of rotatable bonds is 3. The molecule has 1 aromatic heterocycles. The summed E-state index contributed by atoms with van der Waals surface area (Å²) < 4.78 is 26.2. The monoisotopic (exact) mass is 227 g/mol. The Morgan fingerprint density at radius 3 is 3.06 bits per heavy atom. The maximum atomic E-state index is 13.5. The van der Waals surface area contributed by atoms with Gasteiger partial charge in [0.05, 0.1) is 6.20 Å². The van der Waals surface area contributed by atoms with Crippen molar-refractivity contribution in [3.05, 3.63) is 23.9 Å². The molecule has 1 fully saturated rings. The minimum atomic E-state index is -0.632. The number of pyridine rings is 1. The lowest BCUT2D eigenvalue weighted by molar-refractivity contribution is 0.545. The average molecular weight is 227 g/mol. The first-order valence-corrected chi connectivity index (χ1v) is 5.41. The fourth-order valence-corrected chi connectivity index (χ4v) is 2.12. The summed E-state index contributed by atoms with van der Waals surface area (Å²) in [6, 6.07) is 0.883. The number of aromatic nitrogens is 1. The fourth-order valence-electron chi connectivity index (χ4n) is 2.12. The molecule has 0 saturated carbocycles. The molecule has 1 N–H and O–H groups in total. The van der Waals surface area contributed by atoms with E-state index in [1.54, 1.807) is 0 Å². The van der Waals surface area contributed by atoms with Crippen LogP contribution in [0.4, 0.5) is 14.6 Å². The van der Waals surface area contributed by atoms with Crippen molar-refractivity contribution in [1.82, 2.24) is 10.3 Å². The molecule has 1 aromatic rings. The van der Waals surface area contributed by atoms with Crippen molar-refractivity contribution < 1.29 is 8.78 Å². The number of nitrogens with one attached hydrogen (secondary N) is 1. The molecule has 1 atom stereocenters. The van der Waals surface area contributed by atoms with Crippen LogP contribution in [0.15, 0.2) is 12.3 Å². The lowest BCUT2D eigenvalue weighted by Crippen LogP contribution is -2.25. The minimum absolute atomic E-state index is 0.264. The van der Waals surface area contributed by atoms with Crippen LogP contribution in [0.1, 0.15) is 6.42 Å². The Balaban J connectivity index is 2.08. The molecule has 88 valence electrons. The van der Waals surface area contributed by atoms with Gasteiger partial charge in [-0.1, -0.05) is 0 Å². The van der Waals surface area contributed by atoms with Gasteiger partial charge >= 0.3 is 0 Å². The highest BCUT2D eigenvalue weighted by Crippen LogP contribution is 2.24. The second-order valence-electron chi connectivity index (χ2n) is 4.12. The predicted octanol–water partition coefficient (Wildman–Crippen LogP) is 1.41. The molecule has 1 saturated heterocycles. The SMILES string of the molecule is CNCC1CCN(c2ncc(F)cc2F)C1. The van der Waals surface area contributed by atoms with Crippen LogP contribution in [0.2, 0.25) is 0 Å². The number of anilines is 1. The van der Waals surface area contributed by atoms with E-state index in [0.717, 1.165) is 38.3 Å². The number of halogens is 2. The molecule has 0 amide bonds. The predicted molar refractivity (Wildman–Crippen MR) is 58.4 cm³/mol. The third-order valence-electron chi connectivity index (χ3n) is 2.87. The second-order valence-corrected chi connectivity index (χ2v) is 4.12. The van der Waals surface area contributed by atoms with E-state index in [4.69, 9.17) is 0 Å². The van der Waals surface area contributed by atoms with Crippen LogP contribution < -0.4 is 10.2 Å². The van der Waals surface area contributed by atoms with Crippen LogP contribution in [-0.4, -0.2) is 31.7 Å². The van der Waals surface area contributed by atoms with Crippen molar-refractivity contribution in [3.63, 3.8) is 0 Å². The molecule has 0 aliphatic carbocycles. The van der Waals surface area contributed by atoms with E-state index in [1.807, 2.05) is 11.9 Å². The van der Waals surface area contributed by atoms with Crippen molar-refractivity contribution in [2.45, 2.75) is 6.42 Å². The lowest BCUT2D eigenvalue weighted by Gasteiger charge is -2.17. The van der Waals surface area contributed by atoms with Crippen LogP contribution in [0.5, 0.6) is 0 Å². The van der Waals surface area contributed by atoms with Crippen LogP contribution in [0, 0.1) is 17.6 Å². The van der Waals surface area contributed by atoms with Crippen LogP contribution in [0.25, 0.3) is 0 Å². The summed E-state index contributed by atoms with van der Waals surface area (Å²) in [5.41, 5.74) is 0. The van der Waals surface area contributed by atoms with Crippen LogP contribution in [-0.2, 0) is 0 Å². The van der Waals surface area contributed by atoms with E-state index in [9.17, 15) is 8.78 Å². The summed E-state index contributed by atoms with van der Waals surface area (Å²) in [6.07, 6.45) is 2.07. The highest BCUT2D eigenvalue weighted by molar-refractivity contribution is 5.41. The molecule has 2 rings (SSSR count). The van der Waals surface area contributed by atoms with Gasteiger partial charge in [0.25, 0.3) is 0 Å². The summed E-state index contributed by atoms with van der Waals surface area (Å²) in [4.78, 5) is 5.68. The van der Waals surface area contributed by atoms with Gasteiger partial charge in [-0.15, -0.1) is 0 Å². The summed E-state index contributed by atoms with van der Waals surface area (Å²) in [5.74, 6) is -0.436. The van der Waals surface area contributed by atoms with Gasteiger partial charge in [-0.2, -0.15) is 0 Å². The van der Waals surface area contributed by atoms with Gasteiger partial charge in [0.15, 0.2) is 11.6 Å². The van der Waals surface area contributed by atoms with E-state index >= 15 is 0 Å². The summed E-state index contributed by atoms with van der Waals surface area (Å²) >= 11 is 0. The van der Waals surface area contributed by atoms with Gasteiger partial charge < -0.3 is 10.2 Å². The molecule has 16 heavy (non-hydrogen) atoms. The van der Waals surface area contributed by atoms with Crippen molar-refractivity contribution in [2.75, 3.05) is 31.6 Å². The largest absolute Gasteiger partial charge is 0.354 e. The molecular weight excluding hydrogens is 212 g/mol. The molecule has 3 nitrogen and oxygen atoms in total. The van der Waals surface area contributed by atoms with E-state index in [1.165, 1.54) is 0 Å². The molecule has 0 aromatic carbocycles. The molecule has 2 heterocycles. The molecule has 0 bridgehead atoms. The first-order valence-electron chi connectivity index (χ1n) is 5.41. The Morgan fingerprint density at radius 2 is 2.38 bits per heavy atom. The van der Waals surface area contributed by atoms with Crippen molar-refractivity contribution in [1.29, 1.82) is 0 Å². The average Bonchev–Trinajstić information content (AvgIpc) is 2.67. The summed E-state index contributed by atoms with van der Waals surface area (Å²) in [7, 11) is 1.90. The van der Waals surface area contributed by atoms with Gasteiger partial charge in [0.2, 0.25) is 0 Å². The molecular formula is C11H15F2N3. The smallest absolute Gasteiger partial charge is 0.168 e. The van der Waals surface area contributed by atoms with E-state index < -0.39 is 11.6 Å². The maximum Gasteiger partial charge on any atom is 0.168 e. The van der Waals surface area contributed by atoms with Gasteiger partial charge in [0.1, 0.15) is 5.82 Å².